The number of rotatable bonds is 12. The summed E-state index contributed by atoms with van der Waals surface area (Å²) in [7, 11) is 3.09. The number of esters is 1. The highest BCUT2D eigenvalue weighted by molar-refractivity contribution is 7.20. The van der Waals surface area contributed by atoms with E-state index < -0.39 is 29.7 Å². The minimum absolute atomic E-state index is 0.122. The average molecular weight is 555 g/mol. The van der Waals surface area contributed by atoms with Crippen LogP contribution < -0.4 is 20.5 Å². The van der Waals surface area contributed by atoms with Gasteiger partial charge >= 0.3 is 5.97 Å². The zero-order valence-electron chi connectivity index (χ0n) is 22.1. The van der Waals surface area contributed by atoms with Crippen LogP contribution in [0.5, 0.6) is 11.5 Å². The quantitative estimate of drug-likeness (QED) is 0.221. The molecular formula is C30H32F2N2O4S. The van der Waals surface area contributed by atoms with Gasteiger partial charge in [-0.1, -0.05) is 31.2 Å². The Labute approximate surface area is 230 Å². The fourth-order valence-electron chi connectivity index (χ4n) is 4.46. The summed E-state index contributed by atoms with van der Waals surface area (Å²) in [4.78, 5) is 13.6. The first-order valence-corrected chi connectivity index (χ1v) is 13.5. The normalized spacial score (nSPS) is 12.8. The van der Waals surface area contributed by atoms with Gasteiger partial charge in [-0.15, -0.1) is 11.3 Å². The summed E-state index contributed by atoms with van der Waals surface area (Å²) in [5.74, 6) is -0.828. The molecule has 0 spiro atoms. The lowest BCUT2D eigenvalue weighted by Crippen LogP contribution is -2.45. The second kappa shape index (κ2) is 13.0. The maximum absolute atomic E-state index is 13.8. The Morgan fingerprint density at radius 1 is 0.974 bits per heavy atom. The summed E-state index contributed by atoms with van der Waals surface area (Å²) in [5.41, 5.74) is 9.16. The van der Waals surface area contributed by atoms with Gasteiger partial charge in [0.05, 0.1) is 14.2 Å². The SMILES string of the molecule is CCc1cccc(CNC[C@@H](OC(=O)c2cc3c(OC)c(OC)ccc3s2)[C@@H](N)Cc2cc(F)cc(F)c2)c1. The number of hydrogen-bond acceptors (Lipinski definition) is 7. The summed E-state index contributed by atoms with van der Waals surface area (Å²) in [5, 5.41) is 4.06. The van der Waals surface area contributed by atoms with Crippen LogP contribution in [0.3, 0.4) is 0 Å². The zero-order valence-corrected chi connectivity index (χ0v) is 22.9. The maximum Gasteiger partial charge on any atom is 0.348 e. The van der Waals surface area contributed by atoms with E-state index in [1.165, 1.54) is 29.0 Å². The standard InChI is InChI=1S/C30H32F2N2O4S/c1-4-18-6-5-7-19(10-18)16-34-17-26(24(33)13-20-11-21(31)14-22(32)12-20)38-30(35)28-15-23-27(39-28)9-8-25(36-2)29(23)37-3/h5-12,14-15,24,26,34H,4,13,16-17,33H2,1-3H3/t24-,26+/m0/s1. The van der Waals surface area contributed by atoms with E-state index in [1.807, 2.05) is 18.2 Å². The fourth-order valence-corrected chi connectivity index (χ4v) is 5.41. The van der Waals surface area contributed by atoms with Gasteiger partial charge < -0.3 is 25.3 Å². The molecular weight excluding hydrogens is 522 g/mol. The highest BCUT2D eigenvalue weighted by Crippen LogP contribution is 2.39. The topological polar surface area (TPSA) is 82.8 Å². The van der Waals surface area contributed by atoms with Crippen LogP contribution in [0.1, 0.15) is 33.3 Å². The summed E-state index contributed by atoms with van der Waals surface area (Å²) < 4.78 is 45.2. The number of nitrogens with one attached hydrogen (secondary N) is 1. The van der Waals surface area contributed by atoms with Gasteiger partial charge in [0.25, 0.3) is 0 Å². The first-order valence-electron chi connectivity index (χ1n) is 12.7. The van der Waals surface area contributed by atoms with Crippen LogP contribution in [-0.4, -0.2) is 38.9 Å². The van der Waals surface area contributed by atoms with Crippen LogP contribution in [0.25, 0.3) is 10.1 Å². The number of carbonyl (C=O) groups excluding carboxylic acids is 1. The highest BCUT2D eigenvalue weighted by Gasteiger charge is 2.25. The summed E-state index contributed by atoms with van der Waals surface area (Å²) >= 11 is 1.27. The molecule has 4 rings (SSSR count). The fraction of sp³-hybridized carbons (Fsp3) is 0.300. The Morgan fingerprint density at radius 3 is 2.41 bits per heavy atom. The highest BCUT2D eigenvalue weighted by atomic mass is 32.1. The number of fused-ring (bicyclic) bond motifs is 1. The van der Waals surface area contributed by atoms with Crippen molar-refractivity contribution in [2.24, 2.45) is 5.73 Å². The van der Waals surface area contributed by atoms with Crippen molar-refractivity contribution in [2.45, 2.75) is 38.5 Å². The Hall–Kier alpha value is -3.53. The average Bonchev–Trinajstić information content (AvgIpc) is 3.36. The second-order valence-corrected chi connectivity index (χ2v) is 10.3. The minimum Gasteiger partial charge on any atom is -0.493 e. The Balaban J connectivity index is 1.53. The van der Waals surface area contributed by atoms with Crippen LogP contribution in [0.4, 0.5) is 8.78 Å². The molecule has 0 aliphatic heterocycles. The van der Waals surface area contributed by atoms with Crippen LogP contribution in [0.2, 0.25) is 0 Å². The molecule has 0 saturated carbocycles. The van der Waals surface area contributed by atoms with Crippen molar-refractivity contribution in [1.82, 2.24) is 5.32 Å². The number of thiophene rings is 1. The Kier molecular flexibility index (Phi) is 9.50. The number of halogens is 2. The number of carbonyl (C=O) groups is 1. The number of aryl methyl sites for hydroxylation is 1. The molecule has 1 heterocycles. The van der Waals surface area contributed by atoms with E-state index in [-0.39, 0.29) is 13.0 Å². The van der Waals surface area contributed by atoms with Crippen LogP contribution in [-0.2, 0) is 24.1 Å². The molecule has 0 unspecified atom stereocenters. The zero-order chi connectivity index (χ0) is 27.9. The molecule has 39 heavy (non-hydrogen) atoms. The maximum atomic E-state index is 13.8. The van der Waals surface area contributed by atoms with E-state index in [1.54, 1.807) is 26.4 Å². The number of benzene rings is 3. The van der Waals surface area contributed by atoms with Crippen LogP contribution in [0, 0.1) is 11.6 Å². The molecule has 1 aromatic heterocycles. The van der Waals surface area contributed by atoms with Crippen molar-refractivity contribution in [3.05, 3.63) is 93.9 Å². The summed E-state index contributed by atoms with van der Waals surface area (Å²) in [6, 6.07) is 16.1. The first-order chi connectivity index (χ1) is 18.8. The third kappa shape index (κ3) is 7.11. The molecule has 6 nitrogen and oxygen atoms in total. The van der Waals surface area contributed by atoms with Gasteiger partial charge in [-0.05, 0) is 59.9 Å². The van der Waals surface area contributed by atoms with Gasteiger partial charge in [-0.3, -0.25) is 0 Å². The number of methoxy groups -OCH3 is 2. The molecule has 3 N–H and O–H groups in total. The summed E-state index contributed by atoms with van der Waals surface area (Å²) in [6.45, 7) is 2.89. The molecule has 3 aromatic carbocycles. The first kappa shape index (κ1) is 28.5. The minimum atomic E-state index is -0.764. The lowest BCUT2D eigenvalue weighted by Gasteiger charge is -2.24. The summed E-state index contributed by atoms with van der Waals surface area (Å²) in [6.07, 6.45) is 0.284. The molecule has 9 heteroatoms. The van der Waals surface area contributed by atoms with E-state index in [4.69, 9.17) is 19.9 Å². The van der Waals surface area contributed by atoms with Gasteiger partial charge in [0.15, 0.2) is 11.5 Å². The molecule has 0 fully saturated rings. The molecule has 0 aliphatic rings. The lowest BCUT2D eigenvalue weighted by molar-refractivity contribution is 0.0244. The smallest absolute Gasteiger partial charge is 0.348 e. The number of ether oxygens (including phenoxy) is 3. The number of hydrogen-bond donors (Lipinski definition) is 2. The van der Waals surface area contributed by atoms with Gasteiger partial charge in [0.2, 0.25) is 0 Å². The second-order valence-electron chi connectivity index (χ2n) is 9.22. The number of nitrogens with two attached hydrogens (primary N) is 1. The van der Waals surface area contributed by atoms with Gasteiger partial charge in [0, 0.05) is 35.3 Å². The molecule has 0 bridgehead atoms. The lowest BCUT2D eigenvalue weighted by atomic mass is 10.0. The van der Waals surface area contributed by atoms with Gasteiger partial charge in [0.1, 0.15) is 22.6 Å². The predicted molar refractivity (Wildman–Crippen MR) is 150 cm³/mol. The van der Waals surface area contributed by atoms with Crippen molar-refractivity contribution in [3.8, 4) is 11.5 Å². The van der Waals surface area contributed by atoms with Crippen molar-refractivity contribution in [1.29, 1.82) is 0 Å². The van der Waals surface area contributed by atoms with Gasteiger partial charge in [-0.2, -0.15) is 0 Å². The van der Waals surface area contributed by atoms with Crippen molar-refractivity contribution in [2.75, 3.05) is 20.8 Å². The molecule has 4 aromatic rings. The van der Waals surface area contributed by atoms with Crippen molar-refractivity contribution < 1.29 is 27.8 Å². The molecule has 2 atom stereocenters. The van der Waals surface area contributed by atoms with E-state index in [0.29, 0.717) is 28.5 Å². The van der Waals surface area contributed by atoms with E-state index in [2.05, 4.69) is 24.4 Å². The third-order valence-electron chi connectivity index (χ3n) is 6.44. The molecule has 0 saturated heterocycles. The monoisotopic (exact) mass is 554 g/mol. The van der Waals surface area contributed by atoms with E-state index in [0.717, 1.165) is 28.1 Å². The van der Waals surface area contributed by atoms with Crippen LogP contribution in [0.15, 0.2) is 60.7 Å². The molecule has 0 aliphatic carbocycles. The molecule has 0 amide bonds. The Bertz CT molecular complexity index is 1420. The van der Waals surface area contributed by atoms with Crippen molar-refractivity contribution in [3.63, 3.8) is 0 Å². The Morgan fingerprint density at radius 2 is 1.72 bits per heavy atom. The third-order valence-corrected chi connectivity index (χ3v) is 7.52. The predicted octanol–water partition coefficient (Wildman–Crippen LogP) is 5.64. The molecule has 0 radical (unpaired) electrons. The largest absolute Gasteiger partial charge is 0.493 e. The molecule has 206 valence electrons. The van der Waals surface area contributed by atoms with Gasteiger partial charge in [-0.25, -0.2) is 13.6 Å². The van der Waals surface area contributed by atoms with E-state index >= 15 is 0 Å². The van der Waals surface area contributed by atoms with Crippen molar-refractivity contribution >= 4 is 27.4 Å². The van der Waals surface area contributed by atoms with E-state index in [9.17, 15) is 13.6 Å². The van der Waals surface area contributed by atoms with Crippen LogP contribution >= 0.6 is 11.3 Å².